The number of aryl methyl sites for hydroxylation is 1. The van der Waals surface area contributed by atoms with Crippen molar-refractivity contribution in [3.63, 3.8) is 0 Å². The van der Waals surface area contributed by atoms with Gasteiger partial charge in [-0.3, -0.25) is 47.9 Å². The number of amides is 9. The van der Waals surface area contributed by atoms with E-state index in [0.29, 0.717) is 36.9 Å². The van der Waals surface area contributed by atoms with E-state index in [1.54, 1.807) is 81.3 Å². The van der Waals surface area contributed by atoms with Gasteiger partial charge in [-0.15, -0.1) is 0 Å². The summed E-state index contributed by atoms with van der Waals surface area (Å²) in [4.78, 5) is 186. The van der Waals surface area contributed by atoms with Crippen LogP contribution in [-0.2, 0) is 52.6 Å². The molecule has 10 atom stereocenters. The second-order valence-corrected chi connectivity index (χ2v) is 25.5. The van der Waals surface area contributed by atoms with Gasteiger partial charge in [0.1, 0.15) is 71.8 Å². The van der Waals surface area contributed by atoms with Gasteiger partial charge in [-0.1, -0.05) is 68.0 Å². The van der Waals surface area contributed by atoms with Crippen molar-refractivity contribution in [2.45, 2.75) is 169 Å². The molecule has 0 saturated carbocycles. The van der Waals surface area contributed by atoms with Gasteiger partial charge in [-0.05, 0) is 88.7 Å². The summed E-state index contributed by atoms with van der Waals surface area (Å²) in [5, 5.41) is 10.9. The Labute approximate surface area is 518 Å². The average Bonchev–Trinajstić information content (AvgIpc) is 1.95. The van der Waals surface area contributed by atoms with E-state index in [-0.39, 0.29) is 59.2 Å². The van der Waals surface area contributed by atoms with Crippen molar-refractivity contribution >= 4 is 76.2 Å². The van der Waals surface area contributed by atoms with Crippen molar-refractivity contribution in [1.82, 2.24) is 55.7 Å². The summed E-state index contributed by atoms with van der Waals surface area (Å²) in [5.41, 5.74) is -1.02. The van der Waals surface area contributed by atoms with E-state index in [2.05, 4.69) is 27.8 Å². The predicted molar refractivity (Wildman–Crippen MR) is 325 cm³/mol. The number of ether oxygens (including phenoxy) is 2. The van der Waals surface area contributed by atoms with Gasteiger partial charge < -0.3 is 64.6 Å². The van der Waals surface area contributed by atoms with Crippen LogP contribution in [0.2, 0.25) is 0 Å². The summed E-state index contributed by atoms with van der Waals surface area (Å²) in [6.07, 6.45) is -1.30. The highest BCUT2D eigenvalue weighted by molar-refractivity contribution is 6.09. The monoisotopic (exact) mass is 1240 g/mol. The number of fused-ring (bicyclic) bond motifs is 4. The second kappa shape index (κ2) is 27.5. The molecule has 4 N–H and O–H groups in total. The fourth-order valence-electron chi connectivity index (χ4n) is 12.2. The molecular formula is C63H87N11O15. The zero-order valence-electron chi connectivity index (χ0n) is 53.9. The standard InChI is InChI=1S/C63H87N11O15/c1-29(2)44-60(83)73-24-18-20-40(73)58(81)69(14)27-34(10)71(16)50(31(5)6)62(85)87-37(13)47(57(80)66-44)68-55(78)39-26-42(75)35(11)53-49(39)64-48-38(23-22-33(9)52(48)89-53)54(77)67-46-36(12)88-63(86)51(32(7)8)72(17)43(76)28-70(15)59(82)41-21-19-25-74(41)61(84)45(30(3)4)65-56(46)79/h22-23,26,29-32,36-37,40-41,44-47,50-51H,10,18-21,24-25,27-28H2,1-9,11-17H3,(H,65,79)(H,66,80)(H,67,77)(H,68,78)/t36-,37-,40+,41-,44?,45?,46?,47?,50+,51+/m1/s1. The van der Waals surface area contributed by atoms with Crippen LogP contribution in [0.4, 0.5) is 0 Å². The SMILES string of the molecule is C=C1CN(C)C(=O)[C@@H]2CCCN2C(=O)C(C(C)C)NC(=O)C(NC(=O)c2cc(=O)c(C)c3oc4c(C)ccc(C(=O)NC5C(=O)NC(C(C)C)C(=O)N6CCC[C@@H]6C(=O)N(C)CC(=O)N(C)[C@@H](C(C)C)C(=O)O[C@@H]5C)c4nc2-3)[C@@H](C)OC(=O)[C@H](C(C)C)N1C. The number of carbonyl (C=O) groups excluding carboxylic acids is 11. The molecule has 0 bridgehead atoms. The van der Waals surface area contributed by atoms with Gasteiger partial charge in [0.15, 0.2) is 16.8 Å². The summed E-state index contributed by atoms with van der Waals surface area (Å²) in [5.74, 6) is -10.5. The molecule has 484 valence electrons. The molecule has 9 amide bonds. The second-order valence-electron chi connectivity index (χ2n) is 25.5. The average molecular weight is 1240 g/mol. The van der Waals surface area contributed by atoms with Crippen LogP contribution in [0.3, 0.4) is 0 Å². The van der Waals surface area contributed by atoms with Gasteiger partial charge in [0, 0.05) is 58.6 Å². The molecule has 0 spiro atoms. The van der Waals surface area contributed by atoms with Crippen molar-refractivity contribution in [3.05, 3.63) is 63.0 Å². The van der Waals surface area contributed by atoms with E-state index >= 15 is 9.59 Å². The van der Waals surface area contributed by atoms with E-state index in [4.69, 9.17) is 18.9 Å². The summed E-state index contributed by atoms with van der Waals surface area (Å²) < 4.78 is 18.4. The maximum Gasteiger partial charge on any atom is 0.329 e. The van der Waals surface area contributed by atoms with E-state index in [0.717, 1.165) is 11.0 Å². The number of esters is 2. The highest BCUT2D eigenvalue weighted by Gasteiger charge is 2.46. The quantitative estimate of drug-likeness (QED) is 0.185. The minimum absolute atomic E-state index is 0.00914. The normalized spacial score (nSPS) is 26.4. The van der Waals surface area contributed by atoms with Crippen LogP contribution in [0.5, 0.6) is 0 Å². The highest BCUT2D eigenvalue weighted by Crippen LogP contribution is 2.34. The Balaban J connectivity index is 1.30. The molecule has 89 heavy (non-hydrogen) atoms. The van der Waals surface area contributed by atoms with Crippen molar-refractivity contribution in [3.8, 4) is 11.5 Å². The predicted octanol–water partition coefficient (Wildman–Crippen LogP) is 2.13. The van der Waals surface area contributed by atoms with Crippen LogP contribution in [0.25, 0.3) is 22.6 Å². The number of likely N-dealkylation sites (N-methyl/N-ethyl adjacent to an activating group) is 4. The number of rotatable bonds is 8. The summed E-state index contributed by atoms with van der Waals surface area (Å²) in [7, 11) is 6.04. The van der Waals surface area contributed by atoms with Crippen LogP contribution >= 0.6 is 0 Å². The molecule has 0 radical (unpaired) electrons. The molecule has 26 nitrogen and oxygen atoms in total. The molecule has 26 heteroatoms. The fraction of sp³-hybridized carbons (Fsp3) is 0.603. The fourth-order valence-corrected chi connectivity index (χ4v) is 12.2. The van der Waals surface area contributed by atoms with Crippen LogP contribution in [0.15, 0.2) is 39.7 Å². The molecule has 4 fully saturated rings. The Morgan fingerprint density at radius 2 is 1.07 bits per heavy atom. The molecule has 4 saturated heterocycles. The minimum atomic E-state index is -1.76. The van der Waals surface area contributed by atoms with Gasteiger partial charge >= 0.3 is 11.9 Å². The molecule has 1 aliphatic carbocycles. The van der Waals surface area contributed by atoms with Gasteiger partial charge in [0.2, 0.25) is 41.4 Å². The largest absolute Gasteiger partial charge is 0.458 e. The Bertz CT molecular complexity index is 3360. The zero-order valence-corrected chi connectivity index (χ0v) is 53.9. The Hall–Kier alpha value is -8.45. The van der Waals surface area contributed by atoms with Crippen LogP contribution in [0.1, 0.15) is 127 Å². The minimum Gasteiger partial charge on any atom is -0.458 e. The molecule has 0 aromatic heterocycles. The molecule has 1 aromatic rings. The molecule has 1 aromatic carbocycles. The van der Waals surface area contributed by atoms with Gasteiger partial charge in [-0.25, -0.2) is 14.6 Å². The number of benzene rings is 2. The zero-order chi connectivity index (χ0) is 66.1. The van der Waals surface area contributed by atoms with Crippen LogP contribution in [-0.4, -0.2) is 214 Å². The number of hydrogen-bond acceptors (Lipinski definition) is 17. The molecule has 5 heterocycles. The number of aromatic nitrogens is 1. The molecular weight excluding hydrogens is 1150 g/mol. The van der Waals surface area contributed by atoms with Crippen molar-refractivity contribution in [1.29, 1.82) is 0 Å². The lowest BCUT2D eigenvalue weighted by Gasteiger charge is -2.37. The summed E-state index contributed by atoms with van der Waals surface area (Å²) in [6.45, 7) is 23.7. The third-order valence-electron chi connectivity index (χ3n) is 17.5. The Morgan fingerprint density at radius 1 is 0.618 bits per heavy atom. The van der Waals surface area contributed by atoms with E-state index in [1.165, 1.54) is 66.6 Å². The Morgan fingerprint density at radius 3 is 1.53 bits per heavy atom. The highest BCUT2D eigenvalue weighted by atomic mass is 16.6. The van der Waals surface area contributed by atoms with Gasteiger partial charge in [0.05, 0.1) is 24.2 Å². The first-order chi connectivity index (χ1) is 41.7. The smallest absolute Gasteiger partial charge is 0.329 e. The molecule has 4 unspecified atom stereocenters. The van der Waals surface area contributed by atoms with Crippen molar-refractivity contribution in [2.24, 2.45) is 23.7 Å². The van der Waals surface area contributed by atoms with E-state index in [9.17, 15) is 47.9 Å². The van der Waals surface area contributed by atoms with Crippen LogP contribution in [0, 0.1) is 37.5 Å². The maximum absolute atomic E-state index is 15.1. The lowest BCUT2D eigenvalue weighted by molar-refractivity contribution is -0.163. The summed E-state index contributed by atoms with van der Waals surface area (Å²) in [6, 6.07) is -6.16. The van der Waals surface area contributed by atoms with Crippen molar-refractivity contribution < 1.29 is 66.6 Å². The summed E-state index contributed by atoms with van der Waals surface area (Å²) >= 11 is 0. The first-order valence-corrected chi connectivity index (χ1v) is 30.5. The van der Waals surface area contributed by atoms with E-state index < -0.39 is 161 Å². The molecule has 5 aliphatic heterocycles. The van der Waals surface area contributed by atoms with Crippen molar-refractivity contribution in [2.75, 3.05) is 54.4 Å². The number of cyclic esters (lactones) is 2. The lowest BCUT2D eigenvalue weighted by Crippen LogP contribution is -2.61. The maximum atomic E-state index is 15.1. The first kappa shape index (κ1) is 68.0. The third-order valence-corrected chi connectivity index (χ3v) is 17.5. The topological polar surface area (TPSA) is 317 Å². The molecule has 7 rings (SSSR count). The van der Waals surface area contributed by atoms with Crippen LogP contribution < -0.4 is 26.7 Å². The number of nitrogens with zero attached hydrogens (tertiary/aromatic N) is 7. The van der Waals surface area contributed by atoms with Gasteiger partial charge in [-0.2, -0.15) is 0 Å². The third kappa shape index (κ3) is 14.0. The number of carbonyl (C=O) groups is 11. The van der Waals surface area contributed by atoms with Gasteiger partial charge in [0.25, 0.3) is 11.8 Å². The Kier molecular flexibility index (Phi) is 21.0. The number of hydrogen-bond donors (Lipinski definition) is 4. The first-order valence-electron chi connectivity index (χ1n) is 30.5. The lowest BCUT2D eigenvalue weighted by atomic mass is 9.99. The molecule has 6 aliphatic rings. The van der Waals surface area contributed by atoms with E-state index in [1.807, 2.05) is 0 Å². The number of nitrogens with one attached hydrogen (secondary N) is 4.